The molecule has 4 rings (SSSR count). The lowest BCUT2D eigenvalue weighted by atomic mass is 10.1. The van der Waals surface area contributed by atoms with Gasteiger partial charge in [0.25, 0.3) is 0 Å². The zero-order chi connectivity index (χ0) is 23.8. The molecule has 0 unspecified atom stereocenters. The van der Waals surface area contributed by atoms with Crippen molar-refractivity contribution in [1.29, 1.82) is 5.41 Å². The molecule has 7 nitrogen and oxygen atoms in total. The van der Waals surface area contributed by atoms with Gasteiger partial charge in [-0.15, -0.1) is 0 Å². The van der Waals surface area contributed by atoms with Crippen LogP contribution in [0, 0.1) is 11.3 Å². The molecule has 33 heavy (non-hydrogen) atoms. The Balaban J connectivity index is 1.64. The number of alkyl halides is 3. The van der Waals surface area contributed by atoms with Crippen molar-refractivity contribution < 1.29 is 22.7 Å². The SMILES string of the molecule is CC(C)Oc1cc(NC(=O)NCC(F)(F)F)cc(-c2cnc3cc(C(=N)C4CC4)ccn23)c1. The van der Waals surface area contributed by atoms with E-state index in [-0.39, 0.29) is 11.8 Å². The maximum atomic E-state index is 12.4. The minimum absolute atomic E-state index is 0.148. The summed E-state index contributed by atoms with van der Waals surface area (Å²) in [7, 11) is 0. The first-order valence-electron chi connectivity index (χ1n) is 10.6. The zero-order valence-corrected chi connectivity index (χ0v) is 18.2. The molecule has 1 aliphatic rings. The summed E-state index contributed by atoms with van der Waals surface area (Å²) in [5.41, 5.74) is 3.78. The van der Waals surface area contributed by atoms with Gasteiger partial charge in [0.1, 0.15) is 17.9 Å². The van der Waals surface area contributed by atoms with Crippen LogP contribution in [0.1, 0.15) is 32.3 Å². The quantitative estimate of drug-likeness (QED) is 0.422. The maximum absolute atomic E-state index is 12.4. The fraction of sp³-hybridized carbons (Fsp3) is 0.348. The van der Waals surface area contributed by atoms with E-state index in [2.05, 4.69) is 10.3 Å². The number of ether oxygens (including phenoxy) is 1. The molecule has 2 aromatic heterocycles. The minimum Gasteiger partial charge on any atom is -0.491 e. The van der Waals surface area contributed by atoms with Gasteiger partial charge in [0.2, 0.25) is 0 Å². The number of rotatable bonds is 7. The van der Waals surface area contributed by atoms with E-state index >= 15 is 0 Å². The number of carbonyl (C=O) groups is 1. The summed E-state index contributed by atoms with van der Waals surface area (Å²) >= 11 is 0. The number of benzene rings is 1. The second kappa shape index (κ2) is 8.76. The third kappa shape index (κ3) is 5.63. The van der Waals surface area contributed by atoms with E-state index in [0.29, 0.717) is 34.3 Å². The van der Waals surface area contributed by atoms with Crippen molar-refractivity contribution in [1.82, 2.24) is 14.7 Å². The van der Waals surface area contributed by atoms with E-state index in [1.807, 2.05) is 36.6 Å². The number of fused-ring (bicyclic) bond motifs is 1. The molecule has 0 atom stereocenters. The number of aromatic nitrogens is 2. The molecule has 2 heterocycles. The molecule has 1 aromatic carbocycles. The second-order valence-corrected chi connectivity index (χ2v) is 8.31. The van der Waals surface area contributed by atoms with Crippen LogP contribution in [0.15, 0.2) is 42.7 Å². The minimum atomic E-state index is -4.50. The van der Waals surface area contributed by atoms with Crippen LogP contribution in [0.25, 0.3) is 16.9 Å². The first-order chi connectivity index (χ1) is 15.6. The monoisotopic (exact) mass is 459 g/mol. The lowest BCUT2D eigenvalue weighted by Crippen LogP contribution is -2.36. The van der Waals surface area contributed by atoms with Gasteiger partial charge < -0.3 is 20.8 Å². The Morgan fingerprint density at radius 1 is 1.27 bits per heavy atom. The molecule has 0 aliphatic heterocycles. The highest BCUT2D eigenvalue weighted by Gasteiger charge is 2.28. The molecule has 2 amide bonds. The predicted octanol–water partition coefficient (Wildman–Crippen LogP) is 5.25. The van der Waals surface area contributed by atoms with Gasteiger partial charge >= 0.3 is 12.2 Å². The van der Waals surface area contributed by atoms with E-state index in [4.69, 9.17) is 10.1 Å². The molecule has 0 spiro atoms. The Morgan fingerprint density at radius 2 is 2.03 bits per heavy atom. The number of anilines is 1. The molecule has 0 radical (unpaired) electrons. The molecule has 1 aliphatic carbocycles. The number of nitrogens with one attached hydrogen (secondary N) is 3. The number of halogens is 3. The Hall–Kier alpha value is -3.56. The van der Waals surface area contributed by atoms with Crippen LogP contribution in [0.2, 0.25) is 0 Å². The third-order valence-electron chi connectivity index (χ3n) is 5.09. The van der Waals surface area contributed by atoms with Gasteiger partial charge in [-0.1, -0.05) is 0 Å². The van der Waals surface area contributed by atoms with Crippen LogP contribution >= 0.6 is 0 Å². The van der Waals surface area contributed by atoms with Crippen molar-refractivity contribution in [3.63, 3.8) is 0 Å². The molecular formula is C23H24F3N5O2. The number of imidazole rings is 1. The molecule has 3 aromatic rings. The number of nitrogens with zero attached hydrogens (tertiary/aromatic N) is 2. The van der Waals surface area contributed by atoms with Crippen LogP contribution in [0.3, 0.4) is 0 Å². The number of hydrogen-bond acceptors (Lipinski definition) is 4. The summed E-state index contributed by atoms with van der Waals surface area (Å²) in [6, 6.07) is 7.74. The lowest BCUT2D eigenvalue weighted by molar-refractivity contribution is -0.122. The Morgan fingerprint density at radius 3 is 2.70 bits per heavy atom. The van der Waals surface area contributed by atoms with Crippen LogP contribution < -0.4 is 15.4 Å². The highest BCUT2D eigenvalue weighted by atomic mass is 19.4. The first kappa shape index (κ1) is 22.6. The number of carbonyl (C=O) groups excluding carboxylic acids is 1. The summed E-state index contributed by atoms with van der Waals surface area (Å²) in [5, 5.41) is 12.5. The molecule has 0 bridgehead atoms. The lowest BCUT2D eigenvalue weighted by Gasteiger charge is -2.15. The zero-order valence-electron chi connectivity index (χ0n) is 18.2. The highest BCUT2D eigenvalue weighted by Crippen LogP contribution is 2.34. The van der Waals surface area contributed by atoms with Crippen LogP contribution in [-0.4, -0.2) is 40.0 Å². The Labute approximate surface area is 188 Å². The van der Waals surface area contributed by atoms with E-state index in [1.54, 1.807) is 29.7 Å². The van der Waals surface area contributed by atoms with Crippen LogP contribution in [0.5, 0.6) is 5.75 Å². The average molecular weight is 459 g/mol. The van der Waals surface area contributed by atoms with Crippen molar-refractivity contribution in [3.8, 4) is 17.0 Å². The van der Waals surface area contributed by atoms with Gasteiger partial charge in [0.15, 0.2) is 0 Å². The van der Waals surface area contributed by atoms with Gasteiger partial charge in [-0.05, 0) is 51.0 Å². The number of hydrogen-bond donors (Lipinski definition) is 3. The fourth-order valence-corrected chi connectivity index (χ4v) is 3.48. The summed E-state index contributed by atoms with van der Waals surface area (Å²) in [4.78, 5) is 16.4. The summed E-state index contributed by atoms with van der Waals surface area (Å²) in [5.74, 6) is 0.777. The number of amides is 2. The van der Waals surface area contributed by atoms with Crippen molar-refractivity contribution in [2.75, 3.05) is 11.9 Å². The number of urea groups is 1. The molecule has 1 saturated carbocycles. The van der Waals surface area contributed by atoms with Crippen molar-refractivity contribution >= 4 is 23.1 Å². The smallest absolute Gasteiger partial charge is 0.405 e. The molecule has 10 heteroatoms. The van der Waals surface area contributed by atoms with Crippen molar-refractivity contribution in [2.45, 2.75) is 39.0 Å². The highest BCUT2D eigenvalue weighted by molar-refractivity contribution is 6.02. The Bertz CT molecular complexity index is 1200. The van der Waals surface area contributed by atoms with E-state index in [0.717, 1.165) is 18.4 Å². The summed E-state index contributed by atoms with van der Waals surface area (Å²) in [6.07, 6.45) is 0.934. The fourth-order valence-electron chi connectivity index (χ4n) is 3.48. The molecule has 3 N–H and O–H groups in total. The molecule has 0 saturated heterocycles. The van der Waals surface area contributed by atoms with E-state index < -0.39 is 18.8 Å². The molecule has 1 fully saturated rings. The first-order valence-corrected chi connectivity index (χ1v) is 10.6. The summed E-state index contributed by atoms with van der Waals surface area (Å²) in [6.45, 7) is 2.26. The third-order valence-corrected chi connectivity index (χ3v) is 5.09. The average Bonchev–Trinajstić information content (AvgIpc) is 3.49. The normalized spacial score (nSPS) is 13.9. The van der Waals surface area contributed by atoms with Crippen LogP contribution in [-0.2, 0) is 0 Å². The Kier molecular flexibility index (Phi) is 6.01. The molecular weight excluding hydrogens is 435 g/mol. The van der Waals surface area contributed by atoms with E-state index in [1.165, 1.54) is 0 Å². The largest absolute Gasteiger partial charge is 0.491 e. The van der Waals surface area contributed by atoms with Gasteiger partial charge in [0.05, 0.1) is 18.0 Å². The van der Waals surface area contributed by atoms with Crippen molar-refractivity contribution in [3.05, 3.63) is 48.3 Å². The number of pyridine rings is 1. The van der Waals surface area contributed by atoms with Gasteiger partial charge in [0, 0.05) is 40.7 Å². The van der Waals surface area contributed by atoms with Gasteiger partial charge in [-0.25, -0.2) is 9.78 Å². The summed E-state index contributed by atoms with van der Waals surface area (Å²) < 4.78 is 44.8. The van der Waals surface area contributed by atoms with Crippen LogP contribution in [0.4, 0.5) is 23.7 Å². The van der Waals surface area contributed by atoms with Gasteiger partial charge in [-0.2, -0.15) is 13.2 Å². The van der Waals surface area contributed by atoms with E-state index in [9.17, 15) is 18.0 Å². The maximum Gasteiger partial charge on any atom is 0.405 e. The topological polar surface area (TPSA) is 91.5 Å². The molecule has 174 valence electrons. The van der Waals surface area contributed by atoms with Gasteiger partial charge in [-0.3, -0.25) is 4.40 Å². The van der Waals surface area contributed by atoms with Crippen molar-refractivity contribution in [2.24, 2.45) is 5.92 Å². The predicted molar refractivity (Wildman–Crippen MR) is 119 cm³/mol. The second-order valence-electron chi connectivity index (χ2n) is 8.31. The standard InChI is InChI=1S/C23H24F3N5O2/c1-13(2)33-18-8-16(7-17(10-18)30-22(32)29-12-23(24,25)26)19-11-28-20-9-15(5-6-31(19)20)21(27)14-3-4-14/h5-11,13-14,27H,3-4,12H2,1-2H3,(H2,29,30,32).